The van der Waals surface area contributed by atoms with Gasteiger partial charge in [-0.25, -0.2) is 4.98 Å². The fourth-order valence-corrected chi connectivity index (χ4v) is 4.64. The largest absolute Gasteiger partial charge is 0.437 e. The van der Waals surface area contributed by atoms with E-state index < -0.39 is 24.7 Å². The molecule has 1 saturated heterocycles. The van der Waals surface area contributed by atoms with Crippen molar-refractivity contribution in [2.75, 3.05) is 41.7 Å². The molecule has 0 saturated carbocycles. The predicted molar refractivity (Wildman–Crippen MR) is 149 cm³/mol. The Kier molecular flexibility index (Phi) is 9.11. The molecule has 0 aliphatic carbocycles. The first kappa shape index (κ1) is 29.1. The molecule has 0 atom stereocenters. The van der Waals surface area contributed by atoms with Gasteiger partial charge in [0.15, 0.2) is 0 Å². The summed E-state index contributed by atoms with van der Waals surface area (Å²) < 4.78 is 42.0. The van der Waals surface area contributed by atoms with Crippen LogP contribution in [0, 0.1) is 0 Å². The van der Waals surface area contributed by atoms with Crippen molar-refractivity contribution in [2.24, 2.45) is 0 Å². The average molecular weight is 553 g/mol. The molecule has 2 aromatic carbocycles. The molecular formula is C28H31BF3N5O3. The summed E-state index contributed by atoms with van der Waals surface area (Å²) in [6, 6.07) is 14.4. The number of alkyl halides is 3. The number of rotatable bonds is 8. The predicted octanol–water partition coefficient (Wildman–Crippen LogP) is 4.33. The molecule has 2 amide bonds. The lowest BCUT2D eigenvalue weighted by molar-refractivity contribution is -0.137. The van der Waals surface area contributed by atoms with Crippen LogP contribution in [0.15, 0.2) is 60.8 Å². The smallest absolute Gasteiger partial charge is 0.418 e. The van der Waals surface area contributed by atoms with Gasteiger partial charge < -0.3 is 25.4 Å². The number of amides is 2. The highest BCUT2D eigenvalue weighted by Gasteiger charge is 2.36. The molecule has 1 aliphatic rings. The zero-order valence-electron chi connectivity index (χ0n) is 22.3. The Balaban J connectivity index is 1.42. The summed E-state index contributed by atoms with van der Waals surface area (Å²) in [5.74, 6) is -0.238. The zero-order chi connectivity index (χ0) is 28.9. The first-order valence-corrected chi connectivity index (χ1v) is 13.0. The minimum absolute atomic E-state index is 0.0531. The number of pyridine rings is 1. The van der Waals surface area contributed by atoms with Crippen LogP contribution in [0.25, 0.3) is 0 Å². The van der Waals surface area contributed by atoms with Crippen molar-refractivity contribution < 1.29 is 27.8 Å². The summed E-state index contributed by atoms with van der Waals surface area (Å²) in [4.78, 5) is 31.7. The molecule has 0 spiro atoms. The molecule has 12 heteroatoms. The van der Waals surface area contributed by atoms with E-state index in [1.807, 2.05) is 12.1 Å². The Morgan fingerprint density at radius 1 is 0.975 bits per heavy atom. The van der Waals surface area contributed by atoms with Crippen LogP contribution in [0.1, 0.15) is 34.0 Å². The zero-order valence-corrected chi connectivity index (χ0v) is 22.3. The maximum Gasteiger partial charge on any atom is 0.418 e. The molecule has 0 radical (unpaired) electrons. The first-order chi connectivity index (χ1) is 19.0. The van der Waals surface area contributed by atoms with E-state index in [1.54, 1.807) is 47.0 Å². The molecule has 1 aromatic heterocycles. The van der Waals surface area contributed by atoms with Crippen molar-refractivity contribution in [1.29, 1.82) is 0 Å². The number of carbonyl (C=O) groups excluding carboxylic acids is 2. The summed E-state index contributed by atoms with van der Waals surface area (Å²) in [5.41, 5.74) is 1.47. The molecular weight excluding hydrogens is 522 g/mol. The molecule has 3 N–H and O–H groups in total. The van der Waals surface area contributed by atoms with Crippen LogP contribution >= 0.6 is 0 Å². The van der Waals surface area contributed by atoms with E-state index in [-0.39, 0.29) is 17.3 Å². The van der Waals surface area contributed by atoms with Crippen LogP contribution in [0.2, 0.25) is 6.82 Å². The second kappa shape index (κ2) is 12.5. The average Bonchev–Trinajstić information content (AvgIpc) is 2.92. The molecule has 210 valence electrons. The molecule has 0 bridgehead atoms. The lowest BCUT2D eigenvalue weighted by Gasteiger charge is -2.37. The molecule has 2 heterocycles. The van der Waals surface area contributed by atoms with Gasteiger partial charge in [-0.3, -0.25) is 9.59 Å². The lowest BCUT2D eigenvalue weighted by Crippen LogP contribution is -2.51. The van der Waals surface area contributed by atoms with E-state index in [1.165, 1.54) is 19.1 Å². The van der Waals surface area contributed by atoms with Crippen LogP contribution in [-0.2, 0) is 23.8 Å². The molecule has 1 aliphatic heterocycles. The van der Waals surface area contributed by atoms with E-state index in [2.05, 4.69) is 15.6 Å². The van der Waals surface area contributed by atoms with Crippen molar-refractivity contribution >= 4 is 36.1 Å². The van der Waals surface area contributed by atoms with Gasteiger partial charge in [0.05, 0.1) is 5.56 Å². The third-order valence-corrected chi connectivity index (χ3v) is 6.76. The minimum atomic E-state index is -4.60. The number of aromatic nitrogens is 1. The van der Waals surface area contributed by atoms with Gasteiger partial charge in [0.25, 0.3) is 5.91 Å². The van der Waals surface area contributed by atoms with Crippen molar-refractivity contribution in [2.45, 2.75) is 32.8 Å². The van der Waals surface area contributed by atoms with Gasteiger partial charge in [-0.15, -0.1) is 0 Å². The summed E-state index contributed by atoms with van der Waals surface area (Å²) in [6.45, 7) is 4.64. The Hall–Kier alpha value is -3.90. The summed E-state index contributed by atoms with van der Waals surface area (Å²) >= 11 is 0. The number of halogens is 3. The molecule has 0 unspecified atom stereocenters. The summed E-state index contributed by atoms with van der Waals surface area (Å²) in [5, 5.41) is 15.0. The standard InChI is InChI=1S/C28H31BF3N5O3/c1-19(38)34-26-11-8-21(18-33-26)7-6-20-4-3-5-22(16-20)27(39)35-23-9-10-25(24(17-23)28(30,31)32)36-12-14-37(15-13-36)29(2)40/h3-5,8-11,16-18,40H,6-7,12-15H2,1-2H3,(H,35,39)(H,33,34,38). The van der Waals surface area contributed by atoms with Crippen LogP contribution < -0.4 is 15.5 Å². The monoisotopic (exact) mass is 553 g/mol. The Morgan fingerprint density at radius 3 is 2.33 bits per heavy atom. The fraction of sp³-hybridized carbons (Fsp3) is 0.321. The molecule has 1 fully saturated rings. The van der Waals surface area contributed by atoms with Crippen molar-refractivity contribution in [3.8, 4) is 0 Å². The number of hydrogen-bond donors (Lipinski definition) is 3. The maximum atomic E-state index is 14.0. The number of piperazine rings is 1. The van der Waals surface area contributed by atoms with E-state index >= 15 is 0 Å². The van der Waals surface area contributed by atoms with E-state index in [4.69, 9.17) is 0 Å². The Labute approximate surface area is 231 Å². The van der Waals surface area contributed by atoms with Gasteiger partial charge in [0.1, 0.15) is 5.82 Å². The number of benzene rings is 2. The van der Waals surface area contributed by atoms with Crippen molar-refractivity contribution in [3.05, 3.63) is 83.0 Å². The van der Waals surface area contributed by atoms with Crippen molar-refractivity contribution in [1.82, 2.24) is 9.79 Å². The number of hydrogen-bond acceptors (Lipinski definition) is 6. The van der Waals surface area contributed by atoms with Gasteiger partial charge >= 0.3 is 13.2 Å². The van der Waals surface area contributed by atoms with Crippen molar-refractivity contribution in [3.63, 3.8) is 0 Å². The van der Waals surface area contributed by atoms with Gasteiger partial charge in [-0.1, -0.05) is 18.2 Å². The topological polar surface area (TPSA) is 97.8 Å². The lowest BCUT2D eigenvalue weighted by atomic mass is 9.84. The number of nitrogens with zero attached hydrogens (tertiary/aromatic N) is 3. The highest BCUT2D eigenvalue weighted by atomic mass is 19.4. The second-order valence-electron chi connectivity index (χ2n) is 9.77. The van der Waals surface area contributed by atoms with Crippen LogP contribution in [0.4, 0.5) is 30.4 Å². The number of anilines is 3. The summed E-state index contributed by atoms with van der Waals surface area (Å²) in [6.07, 6.45) is -1.65. The Bertz CT molecular complexity index is 1340. The number of aryl methyl sites for hydroxylation is 2. The van der Waals surface area contributed by atoms with Crippen LogP contribution in [0.5, 0.6) is 0 Å². The highest BCUT2D eigenvalue weighted by molar-refractivity contribution is 6.45. The second-order valence-corrected chi connectivity index (χ2v) is 9.77. The number of carbonyl (C=O) groups is 2. The minimum Gasteiger partial charge on any atom is -0.437 e. The van der Waals surface area contributed by atoms with Gasteiger partial charge in [-0.2, -0.15) is 13.2 Å². The van der Waals surface area contributed by atoms with E-state index in [0.717, 1.165) is 17.2 Å². The molecule has 40 heavy (non-hydrogen) atoms. The fourth-order valence-electron chi connectivity index (χ4n) is 4.64. The first-order valence-electron chi connectivity index (χ1n) is 13.0. The van der Waals surface area contributed by atoms with E-state index in [0.29, 0.717) is 50.4 Å². The van der Waals surface area contributed by atoms with E-state index in [9.17, 15) is 27.8 Å². The molecule has 4 rings (SSSR count). The molecule has 8 nitrogen and oxygen atoms in total. The highest BCUT2D eigenvalue weighted by Crippen LogP contribution is 2.38. The maximum absolute atomic E-state index is 14.0. The van der Waals surface area contributed by atoms with Gasteiger partial charge in [0.2, 0.25) is 5.91 Å². The quantitative estimate of drug-likeness (QED) is 0.360. The SMILES string of the molecule is CB(O)N1CCN(c2ccc(NC(=O)c3cccc(CCc4ccc(NC(C)=O)nc4)c3)cc2C(F)(F)F)CC1. The normalized spacial score (nSPS) is 14.1. The van der Waals surface area contributed by atoms with Crippen LogP contribution in [0.3, 0.4) is 0 Å². The van der Waals surface area contributed by atoms with Gasteiger partial charge in [0, 0.05) is 56.2 Å². The third kappa shape index (κ3) is 7.61. The summed E-state index contributed by atoms with van der Waals surface area (Å²) in [7, 11) is -0.653. The third-order valence-electron chi connectivity index (χ3n) is 6.76. The van der Waals surface area contributed by atoms with Crippen LogP contribution in [-0.4, -0.2) is 59.9 Å². The Morgan fingerprint density at radius 2 is 1.70 bits per heavy atom. The van der Waals surface area contributed by atoms with Gasteiger partial charge in [-0.05, 0) is 67.2 Å². The number of nitrogens with one attached hydrogen (secondary N) is 2. The molecule has 3 aromatic rings.